The number of nitrogens with one attached hydrogen (secondary N) is 3. The molecule has 1 fully saturated rings. The van der Waals surface area contributed by atoms with Gasteiger partial charge in [-0.05, 0) is 70.5 Å². The number of benzene rings is 1. The number of ether oxygens (including phenoxy) is 1. The predicted octanol–water partition coefficient (Wildman–Crippen LogP) is 2.81. The molecule has 1 aliphatic heterocycles. The van der Waals surface area contributed by atoms with Gasteiger partial charge in [-0.25, -0.2) is 14.0 Å². The van der Waals surface area contributed by atoms with Crippen LogP contribution in [0.2, 0.25) is 0 Å². The summed E-state index contributed by atoms with van der Waals surface area (Å²) < 4.78 is 26.7. The average molecular weight is 558 g/mol. The van der Waals surface area contributed by atoms with Crippen molar-refractivity contribution >= 4 is 34.4 Å². The summed E-state index contributed by atoms with van der Waals surface area (Å²) in [7, 11) is 1.71. The topological polar surface area (TPSA) is 186 Å². The number of aromatic nitrogens is 1. The summed E-state index contributed by atoms with van der Waals surface area (Å²) >= 11 is -2.17. The third-order valence-corrected chi connectivity index (χ3v) is 7.03. The summed E-state index contributed by atoms with van der Waals surface area (Å²) in [6.45, 7) is 6.50. The molecule has 0 bridgehead atoms. The second-order valence-electron chi connectivity index (χ2n) is 10.4. The molecule has 13 heteroatoms. The lowest BCUT2D eigenvalue weighted by Gasteiger charge is -2.42. The van der Waals surface area contributed by atoms with Crippen molar-refractivity contribution in [1.29, 1.82) is 5.26 Å². The highest BCUT2D eigenvalue weighted by Gasteiger charge is 2.38. The van der Waals surface area contributed by atoms with E-state index in [0.717, 1.165) is 0 Å². The van der Waals surface area contributed by atoms with Crippen LogP contribution in [0.3, 0.4) is 0 Å². The number of nitrogens with zero attached hydrogens (tertiary/aromatic N) is 3. The van der Waals surface area contributed by atoms with Crippen LogP contribution in [0, 0.1) is 11.3 Å². The van der Waals surface area contributed by atoms with Crippen molar-refractivity contribution in [1.82, 2.24) is 15.2 Å². The Bertz CT molecular complexity index is 1350. The SMILES string of the molecule is CNCc1cc(N=C(N)c2c(NC3(CC#N)CCN(C(=O)OC(C)(C)C)CC3)cc[nH]c2=O)ccc1S(=O)O. The van der Waals surface area contributed by atoms with Gasteiger partial charge < -0.3 is 35.5 Å². The number of likely N-dealkylation sites (tertiary alicyclic amines) is 1. The first kappa shape index (κ1) is 29.8. The summed E-state index contributed by atoms with van der Waals surface area (Å²) in [5.41, 5.74) is 6.02. The average Bonchev–Trinajstić information content (AvgIpc) is 2.84. The molecule has 1 amide bonds. The van der Waals surface area contributed by atoms with Gasteiger partial charge in [0.2, 0.25) is 0 Å². The van der Waals surface area contributed by atoms with Gasteiger partial charge in [-0.15, -0.1) is 0 Å². The molecule has 2 aromatic rings. The zero-order chi connectivity index (χ0) is 28.8. The highest BCUT2D eigenvalue weighted by Crippen LogP contribution is 2.32. The molecule has 1 saturated heterocycles. The summed E-state index contributed by atoms with van der Waals surface area (Å²) in [5, 5.41) is 15.9. The Kier molecular flexibility index (Phi) is 9.49. The lowest BCUT2D eigenvalue weighted by Crippen LogP contribution is -2.52. The van der Waals surface area contributed by atoms with Gasteiger partial charge in [-0.3, -0.25) is 4.79 Å². The number of amides is 1. The molecule has 39 heavy (non-hydrogen) atoms. The van der Waals surface area contributed by atoms with E-state index in [1.165, 1.54) is 12.3 Å². The summed E-state index contributed by atoms with van der Waals surface area (Å²) in [5.74, 6) is -0.0640. The molecule has 0 aliphatic carbocycles. The molecule has 210 valence electrons. The number of H-pyrrole nitrogens is 1. The van der Waals surface area contributed by atoms with Crippen molar-refractivity contribution in [2.45, 2.75) is 62.6 Å². The first-order valence-corrected chi connectivity index (χ1v) is 13.6. The number of hydrogen-bond acceptors (Lipinski definition) is 8. The maximum Gasteiger partial charge on any atom is 0.410 e. The Hall–Kier alpha value is -3.73. The minimum absolute atomic E-state index is 0.0640. The van der Waals surface area contributed by atoms with Gasteiger partial charge in [0.1, 0.15) is 17.0 Å². The van der Waals surface area contributed by atoms with E-state index >= 15 is 0 Å². The van der Waals surface area contributed by atoms with E-state index in [2.05, 4.69) is 26.7 Å². The Balaban J connectivity index is 1.90. The zero-order valence-corrected chi connectivity index (χ0v) is 23.4. The van der Waals surface area contributed by atoms with Gasteiger partial charge in [0.05, 0.1) is 34.3 Å². The van der Waals surface area contributed by atoms with Crippen LogP contribution in [0.25, 0.3) is 0 Å². The molecule has 0 spiro atoms. The second-order valence-corrected chi connectivity index (χ2v) is 11.3. The van der Waals surface area contributed by atoms with Crippen LogP contribution in [0.4, 0.5) is 16.2 Å². The van der Waals surface area contributed by atoms with Crippen LogP contribution >= 0.6 is 0 Å². The third-order valence-electron chi connectivity index (χ3n) is 6.26. The molecule has 1 aromatic carbocycles. The Morgan fingerprint density at radius 2 is 2.03 bits per heavy atom. The first-order chi connectivity index (χ1) is 18.4. The van der Waals surface area contributed by atoms with Crippen LogP contribution in [0.5, 0.6) is 0 Å². The van der Waals surface area contributed by atoms with Gasteiger partial charge in [-0.1, -0.05) is 0 Å². The first-order valence-electron chi connectivity index (χ1n) is 12.5. The van der Waals surface area contributed by atoms with Crippen LogP contribution in [-0.4, -0.2) is 61.9 Å². The number of pyridine rings is 1. The molecule has 6 N–H and O–H groups in total. The number of hydrogen-bond donors (Lipinski definition) is 5. The highest BCUT2D eigenvalue weighted by atomic mass is 32.2. The molecular formula is C26H35N7O5S. The van der Waals surface area contributed by atoms with Crippen LogP contribution in [0.1, 0.15) is 51.2 Å². The van der Waals surface area contributed by atoms with Crippen molar-refractivity contribution in [3.63, 3.8) is 0 Å². The van der Waals surface area contributed by atoms with E-state index in [0.29, 0.717) is 49.4 Å². The van der Waals surface area contributed by atoms with E-state index in [9.17, 15) is 23.6 Å². The minimum Gasteiger partial charge on any atom is -0.444 e. The van der Waals surface area contributed by atoms with Crippen molar-refractivity contribution < 1.29 is 18.3 Å². The fourth-order valence-corrected chi connectivity index (χ4v) is 4.93. The lowest BCUT2D eigenvalue weighted by molar-refractivity contribution is 0.0179. The molecule has 1 atom stereocenters. The summed E-state index contributed by atoms with van der Waals surface area (Å²) in [6, 6.07) is 8.54. The van der Waals surface area contributed by atoms with Gasteiger partial charge in [0.15, 0.2) is 11.1 Å². The monoisotopic (exact) mass is 557 g/mol. The van der Waals surface area contributed by atoms with Crippen LogP contribution < -0.4 is 21.9 Å². The Labute approximate surface area is 229 Å². The Morgan fingerprint density at radius 3 is 2.62 bits per heavy atom. The largest absolute Gasteiger partial charge is 0.444 e. The number of aliphatic imine (C=N–C) groups is 1. The smallest absolute Gasteiger partial charge is 0.410 e. The number of carbonyl (C=O) groups is 1. The number of nitrogens with two attached hydrogens (primary N) is 1. The quantitative estimate of drug-likeness (QED) is 0.185. The van der Waals surface area contributed by atoms with Gasteiger partial charge in [-0.2, -0.15) is 5.26 Å². The highest BCUT2D eigenvalue weighted by molar-refractivity contribution is 7.79. The van der Waals surface area contributed by atoms with Gasteiger partial charge >= 0.3 is 6.09 Å². The fraction of sp³-hybridized carbons (Fsp3) is 0.462. The van der Waals surface area contributed by atoms with Crippen molar-refractivity contribution in [3.05, 3.63) is 51.9 Å². The summed E-state index contributed by atoms with van der Waals surface area (Å²) in [6.07, 6.45) is 2.13. The molecule has 0 saturated carbocycles. The van der Waals surface area contributed by atoms with Crippen molar-refractivity contribution in [3.8, 4) is 6.07 Å². The van der Waals surface area contributed by atoms with E-state index < -0.39 is 33.9 Å². The number of aromatic amines is 1. The number of rotatable bonds is 8. The number of nitriles is 1. The maximum absolute atomic E-state index is 12.9. The van der Waals surface area contributed by atoms with Crippen molar-refractivity contribution in [2.75, 3.05) is 25.5 Å². The minimum atomic E-state index is -2.17. The van der Waals surface area contributed by atoms with E-state index in [1.807, 2.05) is 0 Å². The molecule has 3 rings (SSSR count). The molecule has 12 nitrogen and oxygen atoms in total. The van der Waals surface area contributed by atoms with Crippen molar-refractivity contribution in [2.24, 2.45) is 10.7 Å². The van der Waals surface area contributed by atoms with E-state index in [4.69, 9.17) is 10.5 Å². The number of amidine groups is 1. The molecule has 2 heterocycles. The van der Waals surface area contributed by atoms with Crippen LogP contribution in [0.15, 0.2) is 45.1 Å². The predicted molar refractivity (Wildman–Crippen MR) is 149 cm³/mol. The standard InChI is InChI=1S/C26H35N7O5S/c1-25(2,3)38-24(35)33-13-9-26(8-11-27,10-14-33)32-19-7-12-30-23(34)21(19)22(28)31-18-5-6-20(39(36)37)17(15-18)16-29-4/h5-7,12,15,29H,8-10,13-14,16H2,1-4H3,(H2,28,31)(H,36,37)(H2,30,32,34). The summed E-state index contributed by atoms with van der Waals surface area (Å²) in [4.78, 5) is 34.3. The third kappa shape index (κ3) is 7.66. The number of piperidine rings is 1. The molecule has 0 radical (unpaired) electrons. The molecular weight excluding hydrogens is 522 g/mol. The van der Waals surface area contributed by atoms with E-state index in [1.54, 1.807) is 50.9 Å². The van der Waals surface area contributed by atoms with E-state index in [-0.39, 0.29) is 22.7 Å². The molecule has 1 aromatic heterocycles. The number of anilines is 1. The van der Waals surface area contributed by atoms with Gasteiger partial charge in [0, 0.05) is 25.8 Å². The fourth-order valence-electron chi connectivity index (χ4n) is 4.39. The molecule has 1 aliphatic rings. The van der Waals surface area contributed by atoms with Gasteiger partial charge in [0.25, 0.3) is 5.56 Å². The lowest BCUT2D eigenvalue weighted by atomic mass is 9.84. The van der Waals surface area contributed by atoms with Crippen LogP contribution in [-0.2, 0) is 22.4 Å². The Morgan fingerprint density at radius 1 is 1.33 bits per heavy atom. The molecule has 1 unspecified atom stereocenters. The second kappa shape index (κ2) is 12.4. The zero-order valence-electron chi connectivity index (χ0n) is 22.5. The maximum atomic E-state index is 12.9. The number of carbonyl (C=O) groups excluding carboxylic acids is 1. The normalized spacial score (nSPS) is 16.3.